The van der Waals surface area contributed by atoms with E-state index in [0.717, 1.165) is 23.1 Å². The number of halogens is 1. The van der Waals surface area contributed by atoms with Gasteiger partial charge in [-0.25, -0.2) is 0 Å². The molecule has 0 aliphatic carbocycles. The van der Waals surface area contributed by atoms with Crippen LogP contribution in [-0.4, -0.2) is 49.5 Å². The van der Waals surface area contributed by atoms with Gasteiger partial charge in [-0.1, -0.05) is 28.1 Å². The van der Waals surface area contributed by atoms with E-state index < -0.39 is 0 Å². The first-order valence-corrected chi connectivity index (χ1v) is 10.7. The number of likely N-dealkylation sites (tertiary alicyclic amines) is 1. The molecule has 152 valence electrons. The Morgan fingerprint density at radius 1 is 1.10 bits per heavy atom. The molecule has 1 saturated heterocycles. The fourth-order valence-electron chi connectivity index (χ4n) is 3.74. The lowest BCUT2D eigenvalue weighted by Crippen LogP contribution is -2.43. The summed E-state index contributed by atoms with van der Waals surface area (Å²) in [6, 6.07) is 13.3. The molecular weight excluding hydrogens is 434 g/mol. The number of fused-ring (bicyclic) bond motifs is 1. The highest BCUT2D eigenvalue weighted by Crippen LogP contribution is 2.34. The van der Waals surface area contributed by atoms with Crippen LogP contribution >= 0.6 is 15.9 Å². The van der Waals surface area contributed by atoms with Gasteiger partial charge in [-0.15, -0.1) is 0 Å². The summed E-state index contributed by atoms with van der Waals surface area (Å²) in [4.78, 5) is 28.7. The average Bonchev–Trinajstić information content (AvgIpc) is 3.23. The monoisotopic (exact) mass is 457 g/mol. The van der Waals surface area contributed by atoms with Gasteiger partial charge in [0.25, 0.3) is 5.91 Å². The lowest BCUT2D eigenvalue weighted by Gasteiger charge is -2.29. The van der Waals surface area contributed by atoms with Crippen molar-refractivity contribution in [2.24, 2.45) is 0 Å². The van der Waals surface area contributed by atoms with Crippen molar-refractivity contribution in [2.45, 2.75) is 19.3 Å². The number of amides is 2. The van der Waals surface area contributed by atoms with E-state index in [1.165, 1.54) is 36.4 Å². The summed E-state index contributed by atoms with van der Waals surface area (Å²) >= 11 is 3.39. The molecule has 0 aromatic heterocycles. The molecule has 0 spiro atoms. The summed E-state index contributed by atoms with van der Waals surface area (Å²) < 4.78 is 6.32. The van der Waals surface area contributed by atoms with E-state index >= 15 is 0 Å². The molecule has 2 amide bonds. The van der Waals surface area contributed by atoms with Crippen LogP contribution in [0.1, 0.15) is 18.4 Å². The molecule has 6 nitrogen and oxygen atoms in total. The van der Waals surface area contributed by atoms with Crippen molar-refractivity contribution in [1.29, 1.82) is 0 Å². The quantitative estimate of drug-likeness (QED) is 0.721. The normalized spacial score (nSPS) is 16.4. The van der Waals surface area contributed by atoms with E-state index in [1.54, 1.807) is 12.1 Å². The zero-order valence-electron chi connectivity index (χ0n) is 16.2. The van der Waals surface area contributed by atoms with Crippen LogP contribution in [0, 0.1) is 0 Å². The number of hydrogen-bond acceptors (Lipinski definition) is 4. The van der Waals surface area contributed by atoms with Crippen molar-refractivity contribution in [3.8, 4) is 5.75 Å². The fraction of sp³-hybridized carbons (Fsp3) is 0.364. The molecule has 2 heterocycles. The van der Waals surface area contributed by atoms with Gasteiger partial charge in [-0.2, -0.15) is 0 Å². The molecular formula is C22H24BrN3O3. The summed E-state index contributed by atoms with van der Waals surface area (Å²) in [7, 11) is 0. The van der Waals surface area contributed by atoms with E-state index in [4.69, 9.17) is 4.74 Å². The van der Waals surface area contributed by atoms with Gasteiger partial charge >= 0.3 is 0 Å². The second kappa shape index (κ2) is 8.97. The summed E-state index contributed by atoms with van der Waals surface area (Å²) in [5.41, 5.74) is 2.60. The molecule has 1 N–H and O–H groups in total. The van der Waals surface area contributed by atoms with Crippen LogP contribution in [0.15, 0.2) is 46.9 Å². The van der Waals surface area contributed by atoms with Crippen LogP contribution in [-0.2, 0) is 16.0 Å². The number of rotatable bonds is 6. The first kappa shape index (κ1) is 19.9. The zero-order valence-corrected chi connectivity index (χ0v) is 17.8. The highest BCUT2D eigenvalue weighted by molar-refractivity contribution is 9.10. The van der Waals surface area contributed by atoms with Crippen LogP contribution in [0.5, 0.6) is 5.75 Å². The maximum Gasteiger partial charge on any atom is 0.265 e. The third kappa shape index (κ3) is 4.97. The summed E-state index contributed by atoms with van der Waals surface area (Å²) in [6.45, 7) is 3.37. The lowest BCUT2D eigenvalue weighted by atomic mass is 10.1. The molecule has 0 unspecified atom stereocenters. The minimum Gasteiger partial charge on any atom is -0.482 e. The maximum absolute atomic E-state index is 12.5. The maximum atomic E-state index is 12.5. The van der Waals surface area contributed by atoms with E-state index in [1.807, 2.05) is 18.2 Å². The number of carbonyl (C=O) groups is 2. The number of hydrogen-bond donors (Lipinski definition) is 1. The number of nitrogens with one attached hydrogen (secondary N) is 1. The van der Waals surface area contributed by atoms with Gasteiger partial charge in [-0.3, -0.25) is 14.5 Å². The number of carbonyl (C=O) groups excluding carboxylic acids is 2. The predicted octanol–water partition coefficient (Wildman–Crippen LogP) is 3.45. The highest BCUT2D eigenvalue weighted by Gasteiger charge is 2.27. The molecule has 4 rings (SSSR count). The van der Waals surface area contributed by atoms with Crippen LogP contribution in [0.25, 0.3) is 0 Å². The Morgan fingerprint density at radius 2 is 1.86 bits per heavy atom. The van der Waals surface area contributed by atoms with Crippen molar-refractivity contribution in [2.75, 3.05) is 43.0 Å². The second-order valence-electron chi connectivity index (χ2n) is 7.42. The van der Waals surface area contributed by atoms with Crippen LogP contribution in [0.2, 0.25) is 0 Å². The Balaban J connectivity index is 1.34. The van der Waals surface area contributed by atoms with Crippen molar-refractivity contribution in [3.05, 3.63) is 52.5 Å². The number of ether oxygens (including phenoxy) is 1. The first-order chi connectivity index (χ1) is 14.1. The topological polar surface area (TPSA) is 61.9 Å². The summed E-state index contributed by atoms with van der Waals surface area (Å²) in [5.74, 6) is 0.125. The molecule has 0 radical (unpaired) electrons. The van der Waals surface area contributed by atoms with E-state index in [0.29, 0.717) is 11.4 Å². The lowest BCUT2D eigenvalue weighted by molar-refractivity contribution is -0.123. The highest BCUT2D eigenvalue weighted by atomic mass is 79.9. The van der Waals surface area contributed by atoms with Crippen molar-refractivity contribution in [3.63, 3.8) is 0 Å². The largest absolute Gasteiger partial charge is 0.482 e. The molecule has 2 aliphatic heterocycles. The Morgan fingerprint density at radius 3 is 2.62 bits per heavy atom. The average molecular weight is 458 g/mol. The van der Waals surface area contributed by atoms with Crippen LogP contribution < -0.4 is 15.0 Å². The molecule has 7 heteroatoms. The second-order valence-corrected chi connectivity index (χ2v) is 8.34. The predicted molar refractivity (Wildman–Crippen MR) is 116 cm³/mol. The SMILES string of the molecule is O=C(CN1C(=O)COc2cc(Br)ccc21)Nc1ccc(CCN2CCCC2)cc1. The first-order valence-electron chi connectivity index (χ1n) is 9.92. The van der Waals surface area contributed by atoms with Gasteiger partial charge in [0.1, 0.15) is 12.3 Å². The molecule has 2 aromatic rings. The van der Waals surface area contributed by atoms with Crippen molar-refractivity contribution in [1.82, 2.24) is 4.90 Å². The molecule has 0 saturated carbocycles. The molecule has 29 heavy (non-hydrogen) atoms. The molecule has 0 bridgehead atoms. The minimum absolute atomic E-state index is 0.0481. The minimum atomic E-state index is -0.237. The van der Waals surface area contributed by atoms with Gasteiger partial charge in [0.2, 0.25) is 5.91 Å². The fourth-order valence-corrected chi connectivity index (χ4v) is 4.08. The summed E-state index contributed by atoms with van der Waals surface area (Å²) in [6.07, 6.45) is 3.62. The van der Waals surface area contributed by atoms with Gasteiger partial charge in [0.05, 0.1) is 5.69 Å². The standard InChI is InChI=1S/C22H24BrN3O3/c23-17-5-8-19-20(13-17)29-15-22(28)26(19)14-21(27)24-18-6-3-16(4-7-18)9-12-25-10-1-2-11-25/h3-8,13H,1-2,9-12,14-15H2,(H,24,27). The molecule has 1 fully saturated rings. The third-order valence-corrected chi connectivity index (χ3v) is 5.81. The number of anilines is 2. The smallest absolute Gasteiger partial charge is 0.265 e. The summed E-state index contributed by atoms with van der Waals surface area (Å²) in [5, 5.41) is 2.88. The zero-order chi connectivity index (χ0) is 20.2. The van der Waals surface area contributed by atoms with Crippen LogP contribution in [0.3, 0.4) is 0 Å². The molecule has 2 aromatic carbocycles. The third-order valence-electron chi connectivity index (χ3n) is 5.32. The van der Waals surface area contributed by atoms with Gasteiger partial charge in [0, 0.05) is 16.7 Å². The van der Waals surface area contributed by atoms with E-state index in [2.05, 4.69) is 38.3 Å². The van der Waals surface area contributed by atoms with Crippen molar-refractivity contribution < 1.29 is 14.3 Å². The Kier molecular flexibility index (Phi) is 6.16. The van der Waals surface area contributed by atoms with Gasteiger partial charge in [0.15, 0.2) is 6.61 Å². The van der Waals surface area contributed by atoms with E-state index in [9.17, 15) is 9.59 Å². The molecule has 2 aliphatic rings. The number of benzene rings is 2. The number of nitrogens with zero attached hydrogens (tertiary/aromatic N) is 2. The Hall–Kier alpha value is -2.38. The molecule has 0 atom stereocenters. The van der Waals surface area contributed by atoms with Crippen LogP contribution in [0.4, 0.5) is 11.4 Å². The Bertz CT molecular complexity index is 895. The van der Waals surface area contributed by atoms with E-state index in [-0.39, 0.29) is 25.0 Å². The Labute approximate surface area is 178 Å². The van der Waals surface area contributed by atoms with Gasteiger partial charge < -0.3 is 15.0 Å². The van der Waals surface area contributed by atoms with Gasteiger partial charge in [-0.05, 0) is 68.2 Å². The van der Waals surface area contributed by atoms with Crippen molar-refractivity contribution >= 4 is 39.1 Å².